The average molecular weight is 67.1 g/mol. The monoisotopic (exact) mass is 67.1 g/mol. The molecule has 0 amide bonds. The molecular formula is C5H7. The first-order valence-electron chi connectivity index (χ1n) is 1.97. The smallest absolute Gasteiger partial charge is 0.0156 e. The van der Waals surface area contributed by atoms with Crippen molar-refractivity contribution in [3.8, 4) is 0 Å². The Morgan fingerprint density at radius 1 is 2.00 bits per heavy atom. The minimum atomic E-state index is 0.759. The van der Waals surface area contributed by atoms with E-state index in [0.717, 1.165) is 5.92 Å². The lowest BCUT2D eigenvalue weighted by molar-refractivity contribution is 0.655. The molecule has 0 saturated carbocycles. The van der Waals surface area contributed by atoms with Gasteiger partial charge in [-0.3, -0.25) is 0 Å². The molecule has 1 radical (unpaired) electrons. The number of rotatable bonds is 0. The maximum Gasteiger partial charge on any atom is -0.0156 e. The van der Waals surface area contributed by atoms with Crippen LogP contribution in [0.3, 0.4) is 0 Å². The first-order valence-corrected chi connectivity index (χ1v) is 1.97. The quantitative estimate of drug-likeness (QED) is 0.401. The van der Waals surface area contributed by atoms with E-state index in [0.29, 0.717) is 0 Å². The molecule has 1 atom stereocenters. The van der Waals surface area contributed by atoms with Crippen LogP contribution in [-0.2, 0) is 0 Å². The molecule has 0 aromatic heterocycles. The van der Waals surface area contributed by atoms with Crippen LogP contribution in [0.15, 0.2) is 6.08 Å². The van der Waals surface area contributed by atoms with Gasteiger partial charge in [0.05, 0.1) is 0 Å². The van der Waals surface area contributed by atoms with Crippen molar-refractivity contribution in [2.45, 2.75) is 13.3 Å². The molecule has 0 spiro atoms. The van der Waals surface area contributed by atoms with E-state index in [4.69, 9.17) is 0 Å². The molecule has 0 saturated heterocycles. The van der Waals surface area contributed by atoms with Crippen LogP contribution in [-0.4, -0.2) is 0 Å². The summed E-state index contributed by atoms with van der Waals surface area (Å²) in [6.45, 7) is 2.17. The van der Waals surface area contributed by atoms with E-state index >= 15 is 0 Å². The number of hydrogen-bond donors (Lipinski definition) is 0. The molecular weight excluding hydrogens is 60.1 g/mol. The van der Waals surface area contributed by atoms with E-state index in [9.17, 15) is 0 Å². The normalized spacial score (nSPS) is 33.4. The first-order chi connectivity index (χ1) is 2.39. The Bertz CT molecular complexity index is 53.1. The zero-order valence-electron chi connectivity index (χ0n) is 3.36. The van der Waals surface area contributed by atoms with Crippen molar-refractivity contribution in [2.24, 2.45) is 5.92 Å². The topological polar surface area (TPSA) is 0 Å². The van der Waals surface area contributed by atoms with Gasteiger partial charge in [-0.15, -0.1) is 0 Å². The van der Waals surface area contributed by atoms with Crippen LogP contribution >= 0.6 is 0 Å². The lowest BCUT2D eigenvalue weighted by atomic mass is 9.98. The van der Waals surface area contributed by atoms with Crippen LogP contribution < -0.4 is 0 Å². The summed E-state index contributed by atoms with van der Waals surface area (Å²) in [5, 5.41) is 0. The molecule has 0 aromatic carbocycles. The largest absolute Gasteiger partial charge is 0.0802 e. The Balaban J connectivity index is 2.39. The van der Waals surface area contributed by atoms with E-state index in [2.05, 4.69) is 19.1 Å². The van der Waals surface area contributed by atoms with Crippen LogP contribution in [0.4, 0.5) is 0 Å². The Kier molecular flexibility index (Phi) is 0.503. The van der Waals surface area contributed by atoms with Crippen LogP contribution in [0.5, 0.6) is 0 Å². The molecule has 0 heteroatoms. The van der Waals surface area contributed by atoms with Crippen molar-refractivity contribution in [3.05, 3.63) is 12.2 Å². The molecule has 1 aliphatic carbocycles. The molecule has 0 heterocycles. The standard InChI is InChI=1S/C5H7/c1-5-3-2-4-5/h2,5H,3H2,1H3. The molecule has 0 aromatic rings. The average Bonchev–Trinajstić information content (AvgIpc) is 1.30. The van der Waals surface area contributed by atoms with E-state index in [1.54, 1.807) is 0 Å². The second-order valence-electron chi connectivity index (χ2n) is 1.51. The van der Waals surface area contributed by atoms with Crippen molar-refractivity contribution in [1.82, 2.24) is 0 Å². The summed E-state index contributed by atoms with van der Waals surface area (Å²) in [7, 11) is 0. The van der Waals surface area contributed by atoms with Gasteiger partial charge < -0.3 is 0 Å². The third-order valence-electron chi connectivity index (χ3n) is 0.874. The van der Waals surface area contributed by atoms with Crippen LogP contribution in [0.1, 0.15) is 13.3 Å². The van der Waals surface area contributed by atoms with Gasteiger partial charge in [-0.25, -0.2) is 0 Å². The summed E-state index contributed by atoms with van der Waals surface area (Å²) < 4.78 is 0. The summed E-state index contributed by atoms with van der Waals surface area (Å²) in [5.74, 6) is 0.759. The lowest BCUT2D eigenvalue weighted by Gasteiger charge is -2.06. The molecule has 0 aliphatic heterocycles. The van der Waals surface area contributed by atoms with Gasteiger partial charge in [-0.05, 0) is 18.4 Å². The van der Waals surface area contributed by atoms with Gasteiger partial charge in [0.25, 0.3) is 0 Å². The predicted octanol–water partition coefficient (Wildman–Crippen LogP) is 1.39. The minimum absolute atomic E-state index is 0.759. The summed E-state index contributed by atoms with van der Waals surface area (Å²) in [6, 6.07) is 0. The second-order valence-corrected chi connectivity index (χ2v) is 1.51. The molecule has 1 aliphatic rings. The van der Waals surface area contributed by atoms with Gasteiger partial charge >= 0.3 is 0 Å². The van der Waals surface area contributed by atoms with Gasteiger partial charge in [0, 0.05) is 0 Å². The SMILES string of the molecule is CC1[C]=CC1. The molecule has 1 rings (SSSR count). The fourth-order valence-electron chi connectivity index (χ4n) is 0.354. The van der Waals surface area contributed by atoms with Crippen LogP contribution in [0, 0.1) is 12.0 Å². The predicted molar refractivity (Wildman–Crippen MR) is 21.6 cm³/mol. The van der Waals surface area contributed by atoms with E-state index in [1.165, 1.54) is 6.42 Å². The molecule has 0 fully saturated rings. The molecule has 0 bridgehead atoms. The summed E-state index contributed by atoms with van der Waals surface area (Å²) >= 11 is 0. The lowest BCUT2D eigenvalue weighted by Crippen LogP contribution is -1.95. The van der Waals surface area contributed by atoms with Gasteiger partial charge in [-0.2, -0.15) is 0 Å². The Morgan fingerprint density at radius 2 is 2.40 bits per heavy atom. The van der Waals surface area contributed by atoms with E-state index in [-0.39, 0.29) is 0 Å². The van der Waals surface area contributed by atoms with Gasteiger partial charge in [0.2, 0.25) is 0 Å². The second kappa shape index (κ2) is 0.852. The van der Waals surface area contributed by atoms with Crippen molar-refractivity contribution >= 4 is 0 Å². The zero-order chi connectivity index (χ0) is 3.70. The third-order valence-corrected chi connectivity index (χ3v) is 0.874. The van der Waals surface area contributed by atoms with Crippen molar-refractivity contribution in [1.29, 1.82) is 0 Å². The van der Waals surface area contributed by atoms with Gasteiger partial charge in [0.15, 0.2) is 0 Å². The third kappa shape index (κ3) is 0.344. The van der Waals surface area contributed by atoms with Crippen molar-refractivity contribution < 1.29 is 0 Å². The molecule has 5 heavy (non-hydrogen) atoms. The maximum atomic E-state index is 3.08. The fraction of sp³-hybridized carbons (Fsp3) is 0.600. The van der Waals surface area contributed by atoms with Crippen molar-refractivity contribution in [3.63, 3.8) is 0 Å². The summed E-state index contributed by atoms with van der Waals surface area (Å²) in [5.41, 5.74) is 0. The zero-order valence-corrected chi connectivity index (χ0v) is 3.36. The summed E-state index contributed by atoms with van der Waals surface area (Å²) in [6.07, 6.45) is 6.41. The number of allylic oxidation sites excluding steroid dienone is 2. The van der Waals surface area contributed by atoms with Gasteiger partial charge in [0.1, 0.15) is 0 Å². The highest BCUT2D eigenvalue weighted by atomic mass is 14.0. The molecule has 0 N–H and O–H groups in total. The Hall–Kier alpha value is -0.260. The first kappa shape index (κ1) is 2.95. The maximum absolute atomic E-state index is 3.08. The van der Waals surface area contributed by atoms with E-state index < -0.39 is 0 Å². The highest BCUT2D eigenvalue weighted by Crippen LogP contribution is 2.12. The fourth-order valence-corrected chi connectivity index (χ4v) is 0.354. The molecule has 0 nitrogen and oxygen atoms in total. The molecule has 27 valence electrons. The van der Waals surface area contributed by atoms with Crippen LogP contribution in [0.25, 0.3) is 0 Å². The van der Waals surface area contributed by atoms with E-state index in [1.807, 2.05) is 0 Å². The number of hydrogen-bond acceptors (Lipinski definition) is 0. The van der Waals surface area contributed by atoms with Crippen molar-refractivity contribution in [2.75, 3.05) is 0 Å². The summed E-state index contributed by atoms with van der Waals surface area (Å²) in [4.78, 5) is 0. The van der Waals surface area contributed by atoms with Crippen LogP contribution in [0.2, 0.25) is 0 Å². The highest BCUT2D eigenvalue weighted by molar-refractivity contribution is 4.91. The highest BCUT2D eigenvalue weighted by Gasteiger charge is 1.99. The van der Waals surface area contributed by atoms with Gasteiger partial charge in [-0.1, -0.05) is 13.0 Å². The Labute approximate surface area is 32.5 Å². The molecule has 1 unspecified atom stereocenters. The minimum Gasteiger partial charge on any atom is -0.0802 e. The Morgan fingerprint density at radius 3 is 2.40 bits per heavy atom.